The Balaban J connectivity index is 2.27. The van der Waals surface area contributed by atoms with Gasteiger partial charge in [-0.1, -0.05) is 18.2 Å². The lowest BCUT2D eigenvalue weighted by Gasteiger charge is -2.09. The monoisotopic (exact) mass is 224 g/mol. The van der Waals surface area contributed by atoms with Gasteiger partial charge in [-0.15, -0.1) is 0 Å². The minimum absolute atomic E-state index is 0.0304. The van der Waals surface area contributed by atoms with Gasteiger partial charge in [0.1, 0.15) is 5.65 Å². The summed E-state index contributed by atoms with van der Waals surface area (Å²) < 4.78 is 2.00. The molecule has 0 aliphatic heterocycles. The second-order valence-corrected chi connectivity index (χ2v) is 3.89. The SMILES string of the molecule is OCc1ccccc1-n1ccc2cccnc21. The smallest absolute Gasteiger partial charge is 0.144 e. The van der Waals surface area contributed by atoms with Crippen molar-refractivity contribution in [1.82, 2.24) is 9.55 Å². The number of nitrogens with zero attached hydrogens (tertiary/aromatic N) is 2. The fraction of sp³-hybridized carbons (Fsp3) is 0.0714. The lowest BCUT2D eigenvalue weighted by Crippen LogP contribution is -1.98. The predicted octanol–water partition coefficient (Wildman–Crippen LogP) is 2.52. The van der Waals surface area contributed by atoms with E-state index >= 15 is 0 Å². The molecular weight excluding hydrogens is 212 g/mol. The number of pyridine rings is 1. The van der Waals surface area contributed by atoms with Crippen LogP contribution in [0.4, 0.5) is 0 Å². The zero-order valence-electron chi connectivity index (χ0n) is 9.24. The second-order valence-electron chi connectivity index (χ2n) is 3.89. The van der Waals surface area contributed by atoms with E-state index in [1.54, 1.807) is 6.20 Å². The molecular formula is C14H12N2O. The van der Waals surface area contributed by atoms with Gasteiger partial charge < -0.3 is 9.67 Å². The lowest BCUT2D eigenvalue weighted by molar-refractivity contribution is 0.281. The van der Waals surface area contributed by atoms with E-state index < -0.39 is 0 Å². The van der Waals surface area contributed by atoms with Gasteiger partial charge in [-0.3, -0.25) is 0 Å². The minimum Gasteiger partial charge on any atom is -0.392 e. The van der Waals surface area contributed by atoms with Crippen molar-refractivity contribution in [2.45, 2.75) is 6.61 Å². The average molecular weight is 224 g/mol. The van der Waals surface area contributed by atoms with Crippen molar-refractivity contribution >= 4 is 11.0 Å². The topological polar surface area (TPSA) is 38.0 Å². The van der Waals surface area contributed by atoms with Crippen LogP contribution in [0.2, 0.25) is 0 Å². The van der Waals surface area contributed by atoms with Crippen LogP contribution in [0, 0.1) is 0 Å². The van der Waals surface area contributed by atoms with E-state index in [1.165, 1.54) is 0 Å². The third-order valence-corrected chi connectivity index (χ3v) is 2.87. The summed E-state index contributed by atoms with van der Waals surface area (Å²) in [6, 6.07) is 13.8. The van der Waals surface area contributed by atoms with Crippen molar-refractivity contribution in [3.05, 3.63) is 60.4 Å². The van der Waals surface area contributed by atoms with Gasteiger partial charge in [-0.05, 0) is 24.3 Å². The highest BCUT2D eigenvalue weighted by Gasteiger charge is 2.06. The zero-order chi connectivity index (χ0) is 11.7. The summed E-state index contributed by atoms with van der Waals surface area (Å²) >= 11 is 0. The van der Waals surface area contributed by atoms with E-state index in [0.29, 0.717) is 0 Å². The van der Waals surface area contributed by atoms with Gasteiger partial charge in [-0.2, -0.15) is 0 Å². The number of aromatic nitrogens is 2. The number of aliphatic hydroxyl groups is 1. The highest BCUT2D eigenvalue weighted by molar-refractivity contribution is 5.78. The lowest BCUT2D eigenvalue weighted by atomic mass is 10.2. The van der Waals surface area contributed by atoms with Gasteiger partial charge in [0, 0.05) is 23.3 Å². The molecule has 0 fully saturated rings. The van der Waals surface area contributed by atoms with Crippen LogP contribution in [-0.4, -0.2) is 14.7 Å². The van der Waals surface area contributed by atoms with Crippen molar-refractivity contribution in [3.8, 4) is 5.69 Å². The van der Waals surface area contributed by atoms with E-state index in [-0.39, 0.29) is 6.61 Å². The van der Waals surface area contributed by atoms with Crippen molar-refractivity contribution in [2.75, 3.05) is 0 Å². The Labute approximate surface area is 99.0 Å². The first-order chi connectivity index (χ1) is 8.40. The molecule has 3 rings (SSSR count). The van der Waals surface area contributed by atoms with E-state index in [4.69, 9.17) is 0 Å². The largest absolute Gasteiger partial charge is 0.392 e. The molecule has 3 nitrogen and oxygen atoms in total. The molecule has 3 heteroatoms. The molecule has 0 aliphatic carbocycles. The maximum atomic E-state index is 9.36. The number of aliphatic hydroxyl groups excluding tert-OH is 1. The predicted molar refractivity (Wildman–Crippen MR) is 67.0 cm³/mol. The van der Waals surface area contributed by atoms with Gasteiger partial charge in [0.15, 0.2) is 0 Å². The van der Waals surface area contributed by atoms with Crippen molar-refractivity contribution < 1.29 is 5.11 Å². The fourth-order valence-corrected chi connectivity index (χ4v) is 2.04. The molecule has 0 saturated heterocycles. The number of benzene rings is 1. The maximum Gasteiger partial charge on any atom is 0.144 e. The van der Waals surface area contributed by atoms with Crippen LogP contribution >= 0.6 is 0 Å². The number of fused-ring (bicyclic) bond motifs is 1. The van der Waals surface area contributed by atoms with Gasteiger partial charge in [0.05, 0.1) is 12.3 Å². The molecule has 0 amide bonds. The van der Waals surface area contributed by atoms with E-state index in [2.05, 4.69) is 4.98 Å². The Morgan fingerprint density at radius 2 is 1.94 bits per heavy atom. The third-order valence-electron chi connectivity index (χ3n) is 2.87. The van der Waals surface area contributed by atoms with Gasteiger partial charge >= 0.3 is 0 Å². The number of rotatable bonds is 2. The summed E-state index contributed by atoms with van der Waals surface area (Å²) in [5.74, 6) is 0. The van der Waals surface area contributed by atoms with E-state index in [9.17, 15) is 5.11 Å². The van der Waals surface area contributed by atoms with Crippen LogP contribution in [0.3, 0.4) is 0 Å². The molecule has 2 heterocycles. The molecule has 0 bridgehead atoms. The first-order valence-electron chi connectivity index (χ1n) is 5.51. The molecule has 2 aromatic heterocycles. The van der Waals surface area contributed by atoms with Crippen LogP contribution in [0.5, 0.6) is 0 Å². The van der Waals surface area contributed by atoms with Crippen LogP contribution in [-0.2, 0) is 6.61 Å². The number of hydrogen-bond acceptors (Lipinski definition) is 2. The second kappa shape index (κ2) is 4.03. The first-order valence-corrected chi connectivity index (χ1v) is 5.51. The van der Waals surface area contributed by atoms with Crippen molar-refractivity contribution in [3.63, 3.8) is 0 Å². The van der Waals surface area contributed by atoms with Gasteiger partial charge in [0.2, 0.25) is 0 Å². The summed E-state index contributed by atoms with van der Waals surface area (Å²) in [5.41, 5.74) is 2.78. The Morgan fingerprint density at radius 1 is 1.06 bits per heavy atom. The maximum absolute atomic E-state index is 9.36. The molecule has 0 atom stereocenters. The van der Waals surface area contributed by atoms with Crippen LogP contribution in [0.1, 0.15) is 5.56 Å². The molecule has 0 saturated carbocycles. The number of hydrogen-bond donors (Lipinski definition) is 1. The Bertz CT molecular complexity index is 658. The van der Waals surface area contributed by atoms with E-state index in [1.807, 2.05) is 53.2 Å². The summed E-state index contributed by atoms with van der Waals surface area (Å²) in [7, 11) is 0. The molecule has 1 N–H and O–H groups in total. The van der Waals surface area contributed by atoms with Crippen LogP contribution in [0.25, 0.3) is 16.7 Å². The van der Waals surface area contributed by atoms with Crippen molar-refractivity contribution in [1.29, 1.82) is 0 Å². The van der Waals surface area contributed by atoms with E-state index in [0.717, 1.165) is 22.3 Å². The summed E-state index contributed by atoms with van der Waals surface area (Å²) in [6.45, 7) is 0.0304. The van der Waals surface area contributed by atoms with Crippen molar-refractivity contribution in [2.24, 2.45) is 0 Å². The van der Waals surface area contributed by atoms with Gasteiger partial charge in [-0.25, -0.2) is 4.98 Å². The minimum atomic E-state index is 0.0304. The summed E-state index contributed by atoms with van der Waals surface area (Å²) in [5, 5.41) is 10.5. The summed E-state index contributed by atoms with van der Waals surface area (Å²) in [4.78, 5) is 4.37. The fourth-order valence-electron chi connectivity index (χ4n) is 2.04. The van der Waals surface area contributed by atoms with Crippen LogP contribution < -0.4 is 0 Å². The molecule has 0 aliphatic rings. The third kappa shape index (κ3) is 1.61. The molecule has 1 aromatic carbocycles. The molecule has 0 radical (unpaired) electrons. The molecule has 84 valence electrons. The molecule has 0 unspecified atom stereocenters. The first kappa shape index (κ1) is 10.1. The zero-order valence-corrected chi connectivity index (χ0v) is 9.24. The van der Waals surface area contributed by atoms with Crippen LogP contribution in [0.15, 0.2) is 54.9 Å². The average Bonchev–Trinajstić information content (AvgIpc) is 2.82. The highest BCUT2D eigenvalue weighted by Crippen LogP contribution is 2.21. The normalized spacial score (nSPS) is 10.9. The standard InChI is InChI=1S/C14H12N2O/c17-10-12-4-1-2-6-13(12)16-9-7-11-5-3-8-15-14(11)16/h1-9,17H,10H2. The molecule has 3 aromatic rings. The Morgan fingerprint density at radius 3 is 2.82 bits per heavy atom. The Kier molecular flexibility index (Phi) is 2.38. The number of para-hydroxylation sites is 1. The van der Waals surface area contributed by atoms with Gasteiger partial charge in [0.25, 0.3) is 0 Å². The quantitative estimate of drug-likeness (QED) is 0.726. The molecule has 0 spiro atoms. The molecule has 17 heavy (non-hydrogen) atoms. The summed E-state index contributed by atoms with van der Waals surface area (Å²) in [6.07, 6.45) is 3.76. The Hall–Kier alpha value is -2.13. The highest BCUT2D eigenvalue weighted by atomic mass is 16.3.